The van der Waals surface area contributed by atoms with Crippen LogP contribution in [-0.2, 0) is 6.42 Å². The molecule has 2 aliphatic heterocycles. The van der Waals surface area contributed by atoms with E-state index < -0.39 is 0 Å². The van der Waals surface area contributed by atoms with Gasteiger partial charge in [-0.15, -0.1) is 12.4 Å². The molecule has 2 atom stereocenters. The zero-order valence-electron chi connectivity index (χ0n) is 12.0. The molecule has 0 aliphatic carbocycles. The summed E-state index contributed by atoms with van der Waals surface area (Å²) in [5.74, 6) is 1.67. The summed E-state index contributed by atoms with van der Waals surface area (Å²) in [7, 11) is 0. The van der Waals surface area contributed by atoms with Crippen LogP contribution < -0.4 is 5.32 Å². The number of hydrogen-bond acceptors (Lipinski definition) is 2. The third-order valence-electron chi connectivity index (χ3n) is 4.62. The summed E-state index contributed by atoms with van der Waals surface area (Å²) in [6, 6.07) is 8.02. The molecule has 0 bridgehead atoms. The van der Waals surface area contributed by atoms with Gasteiger partial charge in [-0.25, -0.2) is 0 Å². The molecule has 1 N–H and O–H groups in total. The molecule has 110 valence electrons. The molecular weight excluding hydrogens is 272 g/mol. The summed E-state index contributed by atoms with van der Waals surface area (Å²) in [5.41, 5.74) is 2.06. The van der Waals surface area contributed by atoms with Crippen LogP contribution >= 0.6 is 12.4 Å². The van der Waals surface area contributed by atoms with Gasteiger partial charge in [0.1, 0.15) is 0 Å². The molecule has 2 heterocycles. The summed E-state index contributed by atoms with van der Waals surface area (Å²) in [6.45, 7) is 6.16. The van der Waals surface area contributed by atoms with Gasteiger partial charge < -0.3 is 10.2 Å². The second-order valence-corrected chi connectivity index (χ2v) is 5.73. The lowest BCUT2D eigenvalue weighted by Crippen LogP contribution is -2.43. The van der Waals surface area contributed by atoms with E-state index >= 15 is 0 Å². The molecule has 0 radical (unpaired) electrons. The van der Waals surface area contributed by atoms with Crippen molar-refractivity contribution < 1.29 is 4.79 Å². The molecule has 2 unspecified atom stereocenters. The predicted octanol–water partition coefficient (Wildman–Crippen LogP) is 2.35. The van der Waals surface area contributed by atoms with Crippen LogP contribution in [0.5, 0.6) is 0 Å². The topological polar surface area (TPSA) is 32.3 Å². The number of carbonyl (C=O) groups is 1. The van der Waals surface area contributed by atoms with Crippen molar-refractivity contribution in [1.82, 2.24) is 10.2 Å². The molecule has 2 aliphatic rings. The van der Waals surface area contributed by atoms with E-state index in [1.165, 1.54) is 5.56 Å². The third kappa shape index (κ3) is 2.84. The molecule has 4 heteroatoms. The Bertz CT molecular complexity index is 477. The highest BCUT2D eigenvalue weighted by Gasteiger charge is 2.34. The molecule has 2 fully saturated rings. The number of fused-ring (bicyclic) bond motifs is 1. The maximum absolute atomic E-state index is 12.7. The summed E-state index contributed by atoms with van der Waals surface area (Å²) >= 11 is 0. The Kier molecular flexibility index (Phi) is 5.06. The fourth-order valence-electron chi connectivity index (χ4n) is 3.43. The first-order chi connectivity index (χ1) is 9.29. The number of benzene rings is 1. The quantitative estimate of drug-likeness (QED) is 0.908. The fourth-order valence-corrected chi connectivity index (χ4v) is 3.43. The second-order valence-electron chi connectivity index (χ2n) is 5.73. The van der Waals surface area contributed by atoms with Gasteiger partial charge in [0.15, 0.2) is 0 Å². The van der Waals surface area contributed by atoms with Gasteiger partial charge in [0, 0.05) is 18.7 Å². The number of rotatable bonds is 2. The Morgan fingerprint density at radius 3 is 2.85 bits per heavy atom. The van der Waals surface area contributed by atoms with E-state index in [1.807, 2.05) is 18.2 Å². The minimum absolute atomic E-state index is 0. The third-order valence-corrected chi connectivity index (χ3v) is 4.62. The van der Waals surface area contributed by atoms with Gasteiger partial charge in [0.05, 0.1) is 0 Å². The highest BCUT2D eigenvalue weighted by molar-refractivity contribution is 5.95. The van der Waals surface area contributed by atoms with Crippen LogP contribution in [0, 0.1) is 11.8 Å². The van der Waals surface area contributed by atoms with Crippen LogP contribution in [0.1, 0.15) is 29.3 Å². The van der Waals surface area contributed by atoms with Gasteiger partial charge in [0.2, 0.25) is 0 Å². The summed E-state index contributed by atoms with van der Waals surface area (Å²) in [4.78, 5) is 14.7. The molecule has 2 saturated heterocycles. The number of carbonyl (C=O) groups excluding carboxylic acids is 1. The lowest BCUT2D eigenvalue weighted by molar-refractivity contribution is 0.0641. The molecule has 3 rings (SSSR count). The number of aryl methyl sites for hydroxylation is 1. The summed E-state index contributed by atoms with van der Waals surface area (Å²) in [6.07, 6.45) is 2.07. The minimum Gasteiger partial charge on any atom is -0.338 e. The Balaban J connectivity index is 0.00000147. The van der Waals surface area contributed by atoms with Crippen molar-refractivity contribution in [2.45, 2.75) is 19.8 Å². The zero-order valence-corrected chi connectivity index (χ0v) is 12.8. The SMILES string of the molecule is CCc1ccccc1C(=O)N1CCC2CNCC2C1.Cl. The number of nitrogens with one attached hydrogen (secondary N) is 1. The minimum atomic E-state index is 0. The number of amides is 1. The van der Waals surface area contributed by atoms with Crippen molar-refractivity contribution in [3.63, 3.8) is 0 Å². The van der Waals surface area contributed by atoms with Crippen molar-refractivity contribution in [1.29, 1.82) is 0 Å². The Morgan fingerprint density at radius 2 is 2.05 bits per heavy atom. The highest BCUT2D eigenvalue weighted by atomic mass is 35.5. The van der Waals surface area contributed by atoms with Gasteiger partial charge in [0.25, 0.3) is 5.91 Å². The smallest absolute Gasteiger partial charge is 0.254 e. The average Bonchev–Trinajstić information content (AvgIpc) is 2.93. The molecule has 1 aromatic rings. The number of nitrogens with zero attached hydrogens (tertiary/aromatic N) is 1. The van der Waals surface area contributed by atoms with Crippen LogP contribution in [0.3, 0.4) is 0 Å². The van der Waals surface area contributed by atoms with Crippen molar-refractivity contribution in [3.8, 4) is 0 Å². The lowest BCUT2D eigenvalue weighted by Gasteiger charge is -2.34. The molecular formula is C16H23ClN2O. The molecule has 0 aromatic heterocycles. The van der Waals surface area contributed by atoms with Gasteiger partial charge in [-0.05, 0) is 49.4 Å². The number of halogens is 1. The van der Waals surface area contributed by atoms with Crippen LogP contribution in [0.2, 0.25) is 0 Å². The zero-order chi connectivity index (χ0) is 13.2. The Labute approximate surface area is 127 Å². The first kappa shape index (κ1) is 15.3. The molecule has 0 spiro atoms. The Morgan fingerprint density at radius 1 is 1.30 bits per heavy atom. The number of piperidine rings is 1. The van der Waals surface area contributed by atoms with Crippen LogP contribution in [0.4, 0.5) is 0 Å². The predicted molar refractivity (Wildman–Crippen MR) is 83.4 cm³/mol. The Hall–Kier alpha value is -1.06. The monoisotopic (exact) mass is 294 g/mol. The summed E-state index contributed by atoms with van der Waals surface area (Å²) in [5, 5.41) is 3.45. The summed E-state index contributed by atoms with van der Waals surface area (Å²) < 4.78 is 0. The van der Waals surface area contributed by atoms with E-state index in [0.717, 1.165) is 50.5 Å². The lowest BCUT2D eigenvalue weighted by atomic mass is 9.88. The van der Waals surface area contributed by atoms with Crippen molar-refractivity contribution in [3.05, 3.63) is 35.4 Å². The average molecular weight is 295 g/mol. The molecule has 1 amide bonds. The van der Waals surface area contributed by atoms with Gasteiger partial charge in [-0.3, -0.25) is 4.79 Å². The van der Waals surface area contributed by atoms with Gasteiger partial charge >= 0.3 is 0 Å². The normalized spacial score (nSPS) is 24.9. The molecule has 3 nitrogen and oxygen atoms in total. The van der Waals surface area contributed by atoms with E-state index in [9.17, 15) is 4.79 Å². The largest absolute Gasteiger partial charge is 0.338 e. The first-order valence-corrected chi connectivity index (χ1v) is 7.37. The second kappa shape index (κ2) is 6.59. The highest BCUT2D eigenvalue weighted by Crippen LogP contribution is 2.27. The van der Waals surface area contributed by atoms with E-state index in [1.54, 1.807) is 0 Å². The van der Waals surface area contributed by atoms with E-state index in [0.29, 0.717) is 5.92 Å². The molecule has 20 heavy (non-hydrogen) atoms. The first-order valence-electron chi connectivity index (χ1n) is 7.37. The van der Waals surface area contributed by atoms with Gasteiger partial charge in [-0.1, -0.05) is 25.1 Å². The maximum Gasteiger partial charge on any atom is 0.254 e. The van der Waals surface area contributed by atoms with E-state index in [2.05, 4.69) is 23.2 Å². The van der Waals surface area contributed by atoms with Crippen LogP contribution in [0.25, 0.3) is 0 Å². The van der Waals surface area contributed by atoms with E-state index in [-0.39, 0.29) is 18.3 Å². The van der Waals surface area contributed by atoms with Crippen molar-refractivity contribution in [2.24, 2.45) is 11.8 Å². The van der Waals surface area contributed by atoms with Crippen molar-refractivity contribution in [2.75, 3.05) is 26.2 Å². The van der Waals surface area contributed by atoms with Gasteiger partial charge in [-0.2, -0.15) is 0 Å². The molecule has 0 saturated carbocycles. The standard InChI is InChI=1S/C16H22N2O.ClH/c1-2-12-5-3-4-6-15(12)16(19)18-8-7-13-9-17-10-14(13)11-18;/h3-6,13-14,17H,2,7-11H2,1H3;1H. The maximum atomic E-state index is 12.7. The fraction of sp³-hybridized carbons (Fsp3) is 0.562. The number of likely N-dealkylation sites (tertiary alicyclic amines) is 1. The van der Waals surface area contributed by atoms with Crippen LogP contribution in [0.15, 0.2) is 24.3 Å². The van der Waals surface area contributed by atoms with E-state index in [4.69, 9.17) is 0 Å². The van der Waals surface area contributed by atoms with Crippen LogP contribution in [-0.4, -0.2) is 37.0 Å². The number of hydrogen-bond donors (Lipinski definition) is 1. The van der Waals surface area contributed by atoms with Crippen molar-refractivity contribution >= 4 is 18.3 Å². The molecule has 1 aromatic carbocycles.